The Morgan fingerprint density at radius 2 is 1.94 bits per heavy atom. The number of carbonyl (C=O) groups excluding carboxylic acids is 3. The number of ether oxygens (including phenoxy) is 1. The van der Waals surface area contributed by atoms with E-state index in [-0.39, 0.29) is 15.7 Å². The third kappa shape index (κ3) is 5.04. The largest absolute Gasteiger partial charge is 0.454 e. The minimum atomic E-state index is -3.64. The quantitative estimate of drug-likeness (QED) is 0.602. The Balaban J connectivity index is 1.34. The minimum Gasteiger partial charge on any atom is -0.454 e. The van der Waals surface area contributed by atoms with Crippen LogP contribution in [-0.4, -0.2) is 71.8 Å². The summed E-state index contributed by atoms with van der Waals surface area (Å²) < 4.78 is 32.7. The van der Waals surface area contributed by atoms with E-state index < -0.39 is 34.5 Å². The maximum absolute atomic E-state index is 13.0. The van der Waals surface area contributed by atoms with E-state index in [0.29, 0.717) is 37.4 Å². The number of rotatable bonds is 6. The van der Waals surface area contributed by atoms with Crippen molar-refractivity contribution in [1.29, 1.82) is 0 Å². The molecule has 3 aliphatic rings. The van der Waals surface area contributed by atoms with Crippen LogP contribution in [0.15, 0.2) is 29.2 Å². The molecule has 0 aliphatic carbocycles. The van der Waals surface area contributed by atoms with Crippen LogP contribution < -0.4 is 5.32 Å². The first-order chi connectivity index (χ1) is 15.7. The highest BCUT2D eigenvalue weighted by Gasteiger charge is 2.53. The van der Waals surface area contributed by atoms with Crippen molar-refractivity contribution in [2.24, 2.45) is 0 Å². The minimum absolute atomic E-state index is 0.0728. The molecule has 1 aromatic rings. The summed E-state index contributed by atoms with van der Waals surface area (Å²) in [5, 5.41) is 2.59. The van der Waals surface area contributed by atoms with Gasteiger partial charge in [0.05, 0.1) is 9.77 Å². The molecule has 3 fully saturated rings. The normalized spacial score (nSPS) is 26.0. The first-order valence-electron chi connectivity index (χ1n) is 11.2. The second-order valence-corrected chi connectivity index (χ2v) is 12.2. The van der Waals surface area contributed by atoms with Crippen LogP contribution in [0.3, 0.4) is 0 Å². The predicted octanol–water partition coefficient (Wildman–Crippen LogP) is 2.19. The predicted molar refractivity (Wildman–Crippen MR) is 124 cm³/mol. The first-order valence-corrected chi connectivity index (χ1v) is 13.7. The standard InChI is InChI=1S/C22H29N3O6S2/c1-22-10-9-20(27)25(22)18(15-32-22)21(28)31-14-19(26)23-16-7-6-8-17(13-16)33(29,30)24-11-4-2-3-5-12-24/h6-8,13,18H,2-5,9-12,14-15H2,1H3,(H,23,26)/t18-,22+/m0/s1. The number of hydrogen-bond donors (Lipinski definition) is 1. The second-order valence-electron chi connectivity index (χ2n) is 8.77. The van der Waals surface area contributed by atoms with Crippen molar-refractivity contribution in [2.75, 3.05) is 30.8 Å². The number of nitrogens with one attached hydrogen (secondary N) is 1. The lowest BCUT2D eigenvalue weighted by molar-refractivity contribution is -0.155. The van der Waals surface area contributed by atoms with Gasteiger partial charge in [-0.1, -0.05) is 18.9 Å². The number of nitrogens with zero attached hydrogens (tertiary/aromatic N) is 2. The Morgan fingerprint density at radius 1 is 1.21 bits per heavy atom. The van der Waals surface area contributed by atoms with Gasteiger partial charge in [-0.3, -0.25) is 9.59 Å². The summed E-state index contributed by atoms with van der Waals surface area (Å²) in [6.45, 7) is 2.41. The van der Waals surface area contributed by atoms with Crippen LogP contribution in [0.25, 0.3) is 0 Å². The fourth-order valence-corrected chi connectivity index (χ4v) is 7.57. The Morgan fingerprint density at radius 3 is 2.67 bits per heavy atom. The summed E-state index contributed by atoms with van der Waals surface area (Å²) >= 11 is 1.55. The average Bonchev–Trinajstić information content (AvgIpc) is 3.12. The molecular formula is C22H29N3O6S2. The zero-order chi connectivity index (χ0) is 23.6. The molecule has 0 unspecified atom stereocenters. The van der Waals surface area contributed by atoms with E-state index in [0.717, 1.165) is 25.7 Å². The van der Waals surface area contributed by atoms with Crippen molar-refractivity contribution in [3.8, 4) is 0 Å². The molecule has 11 heteroatoms. The van der Waals surface area contributed by atoms with Gasteiger partial charge in [0, 0.05) is 31.0 Å². The summed E-state index contributed by atoms with van der Waals surface area (Å²) in [7, 11) is -3.64. The van der Waals surface area contributed by atoms with Crippen LogP contribution in [0, 0.1) is 0 Å². The monoisotopic (exact) mass is 495 g/mol. The highest BCUT2D eigenvalue weighted by Crippen LogP contribution is 2.47. The maximum atomic E-state index is 13.0. The van der Waals surface area contributed by atoms with E-state index in [1.165, 1.54) is 16.4 Å². The van der Waals surface area contributed by atoms with Crippen LogP contribution >= 0.6 is 11.8 Å². The second kappa shape index (κ2) is 9.63. The SMILES string of the molecule is C[C@@]12CCC(=O)N1[C@H](C(=O)OCC(=O)Nc1cccc(S(=O)(=O)N3CCCCCC3)c1)CS2. The van der Waals surface area contributed by atoms with Crippen LogP contribution in [0.4, 0.5) is 5.69 Å². The molecule has 3 heterocycles. The summed E-state index contributed by atoms with van der Waals surface area (Å²) in [6, 6.07) is 5.40. The fraction of sp³-hybridized carbons (Fsp3) is 0.591. The number of thioether (sulfide) groups is 1. The van der Waals surface area contributed by atoms with Gasteiger partial charge in [-0.2, -0.15) is 4.31 Å². The van der Waals surface area contributed by atoms with Crippen molar-refractivity contribution in [3.05, 3.63) is 24.3 Å². The van der Waals surface area contributed by atoms with E-state index in [1.54, 1.807) is 28.8 Å². The number of sulfonamides is 1. The van der Waals surface area contributed by atoms with E-state index in [2.05, 4.69) is 5.32 Å². The Labute approximate surface area is 198 Å². The lowest BCUT2D eigenvalue weighted by Gasteiger charge is -2.29. The summed E-state index contributed by atoms with van der Waals surface area (Å²) in [6.07, 6.45) is 4.81. The maximum Gasteiger partial charge on any atom is 0.330 e. The number of hydrogen-bond acceptors (Lipinski definition) is 7. The lowest BCUT2D eigenvalue weighted by Crippen LogP contribution is -2.47. The molecule has 0 saturated carbocycles. The smallest absolute Gasteiger partial charge is 0.330 e. The Bertz CT molecular complexity index is 1040. The molecule has 3 saturated heterocycles. The number of esters is 1. The molecule has 1 aromatic carbocycles. The molecule has 33 heavy (non-hydrogen) atoms. The van der Waals surface area contributed by atoms with E-state index in [4.69, 9.17) is 4.74 Å². The molecular weight excluding hydrogens is 466 g/mol. The van der Waals surface area contributed by atoms with Crippen molar-refractivity contribution >= 4 is 45.3 Å². The highest BCUT2D eigenvalue weighted by molar-refractivity contribution is 8.01. The van der Waals surface area contributed by atoms with E-state index >= 15 is 0 Å². The number of carbonyl (C=O) groups is 3. The summed E-state index contributed by atoms with van der Waals surface area (Å²) in [4.78, 5) is 38.4. The van der Waals surface area contributed by atoms with Crippen molar-refractivity contribution < 1.29 is 27.5 Å². The van der Waals surface area contributed by atoms with Gasteiger partial charge in [0.1, 0.15) is 6.04 Å². The van der Waals surface area contributed by atoms with Crippen LogP contribution in [0.5, 0.6) is 0 Å². The fourth-order valence-electron chi connectivity index (χ4n) is 4.59. The molecule has 4 rings (SSSR count). The first kappa shape index (κ1) is 24.0. The summed E-state index contributed by atoms with van der Waals surface area (Å²) in [5.41, 5.74) is 0.311. The number of anilines is 1. The molecule has 180 valence electrons. The zero-order valence-corrected chi connectivity index (χ0v) is 20.3. The van der Waals surface area contributed by atoms with Gasteiger partial charge in [0.25, 0.3) is 5.91 Å². The average molecular weight is 496 g/mol. The van der Waals surface area contributed by atoms with Crippen LogP contribution in [-0.2, 0) is 29.1 Å². The van der Waals surface area contributed by atoms with Gasteiger partial charge >= 0.3 is 5.97 Å². The van der Waals surface area contributed by atoms with E-state index in [1.807, 2.05) is 6.92 Å². The van der Waals surface area contributed by atoms with Crippen molar-refractivity contribution in [1.82, 2.24) is 9.21 Å². The third-order valence-corrected chi connectivity index (χ3v) is 9.78. The Kier molecular flexibility index (Phi) is 7.01. The molecule has 3 aliphatic heterocycles. The molecule has 0 bridgehead atoms. The third-order valence-electron chi connectivity index (χ3n) is 6.38. The van der Waals surface area contributed by atoms with Gasteiger partial charge in [-0.15, -0.1) is 11.8 Å². The van der Waals surface area contributed by atoms with E-state index in [9.17, 15) is 22.8 Å². The van der Waals surface area contributed by atoms with Crippen LogP contribution in [0.2, 0.25) is 0 Å². The number of fused-ring (bicyclic) bond motifs is 1. The lowest BCUT2D eigenvalue weighted by atomic mass is 10.2. The van der Waals surface area contributed by atoms with Gasteiger partial charge in [-0.25, -0.2) is 13.2 Å². The molecule has 0 aromatic heterocycles. The molecule has 1 N–H and O–H groups in total. The topological polar surface area (TPSA) is 113 Å². The summed E-state index contributed by atoms with van der Waals surface area (Å²) in [5.74, 6) is -0.807. The van der Waals surface area contributed by atoms with Gasteiger partial charge in [0.15, 0.2) is 6.61 Å². The van der Waals surface area contributed by atoms with Crippen LogP contribution in [0.1, 0.15) is 45.4 Å². The number of benzene rings is 1. The highest BCUT2D eigenvalue weighted by atomic mass is 32.2. The van der Waals surface area contributed by atoms with Gasteiger partial charge in [0.2, 0.25) is 15.9 Å². The van der Waals surface area contributed by atoms with Crippen molar-refractivity contribution in [3.63, 3.8) is 0 Å². The molecule has 2 atom stereocenters. The zero-order valence-electron chi connectivity index (χ0n) is 18.6. The molecule has 0 radical (unpaired) electrons. The Hall–Kier alpha value is -2.11. The van der Waals surface area contributed by atoms with Gasteiger partial charge < -0.3 is 15.0 Å². The molecule has 0 spiro atoms. The molecule has 2 amide bonds. The van der Waals surface area contributed by atoms with Gasteiger partial charge in [-0.05, 0) is 44.4 Å². The van der Waals surface area contributed by atoms with Crippen molar-refractivity contribution in [2.45, 2.75) is 61.3 Å². The number of amides is 2. The molecule has 9 nitrogen and oxygen atoms in total.